The Balaban J connectivity index is 2.31. The summed E-state index contributed by atoms with van der Waals surface area (Å²) in [5.41, 5.74) is 2.51. The van der Waals surface area contributed by atoms with Crippen molar-refractivity contribution in [2.45, 2.75) is 13.5 Å². The van der Waals surface area contributed by atoms with E-state index in [1.54, 1.807) is 24.3 Å². The van der Waals surface area contributed by atoms with E-state index in [1.807, 2.05) is 19.1 Å². The summed E-state index contributed by atoms with van der Waals surface area (Å²) in [6, 6.07) is 13.4. The summed E-state index contributed by atoms with van der Waals surface area (Å²) >= 11 is 0. The molecule has 0 bridgehead atoms. The molecule has 0 heterocycles. The molecule has 0 radical (unpaired) electrons. The van der Waals surface area contributed by atoms with E-state index in [9.17, 15) is 13.2 Å². The molecule has 0 saturated heterocycles. The Kier molecular flexibility index (Phi) is 4.51. The number of sulfonamides is 1. The van der Waals surface area contributed by atoms with Crippen LogP contribution in [0.5, 0.6) is 0 Å². The van der Waals surface area contributed by atoms with Crippen LogP contribution in [0.1, 0.15) is 21.5 Å². The van der Waals surface area contributed by atoms with Crippen LogP contribution in [0.25, 0.3) is 0 Å². The number of hydrogen-bond acceptors (Lipinski definition) is 3. The zero-order valence-corrected chi connectivity index (χ0v) is 13.2. The van der Waals surface area contributed by atoms with E-state index in [0.717, 1.165) is 17.4 Å². The molecule has 0 unspecified atom stereocenters. The molecule has 5 nitrogen and oxygen atoms in total. The van der Waals surface area contributed by atoms with Crippen LogP contribution in [-0.2, 0) is 16.6 Å². The molecule has 0 amide bonds. The Morgan fingerprint density at radius 1 is 1.05 bits per heavy atom. The second-order valence-corrected chi connectivity index (χ2v) is 7.01. The summed E-state index contributed by atoms with van der Waals surface area (Å²) in [6.07, 6.45) is 1.15. The molecule has 0 fully saturated rings. The first-order chi connectivity index (χ1) is 10.3. The van der Waals surface area contributed by atoms with Gasteiger partial charge >= 0.3 is 5.97 Å². The Morgan fingerprint density at radius 2 is 1.59 bits per heavy atom. The Bertz CT molecular complexity index is 765. The quantitative estimate of drug-likeness (QED) is 0.919. The SMILES string of the molecule is Cc1ccc(N(Cc2ccc(C(=O)O)cc2)S(C)(=O)=O)cc1. The predicted molar refractivity (Wildman–Crippen MR) is 85.6 cm³/mol. The fraction of sp³-hybridized carbons (Fsp3) is 0.188. The third-order valence-electron chi connectivity index (χ3n) is 3.25. The van der Waals surface area contributed by atoms with E-state index in [0.29, 0.717) is 5.69 Å². The Labute approximate surface area is 129 Å². The first kappa shape index (κ1) is 16.0. The smallest absolute Gasteiger partial charge is 0.335 e. The Hall–Kier alpha value is -2.34. The molecular formula is C16H17NO4S. The van der Waals surface area contributed by atoms with Crippen molar-refractivity contribution < 1.29 is 18.3 Å². The molecule has 0 aliphatic carbocycles. The van der Waals surface area contributed by atoms with Crippen LogP contribution in [0, 0.1) is 6.92 Å². The molecule has 0 saturated carbocycles. The van der Waals surface area contributed by atoms with Gasteiger partial charge in [0.1, 0.15) is 0 Å². The molecule has 6 heteroatoms. The standard InChI is InChI=1S/C16H17NO4S/c1-12-3-9-15(10-4-12)17(22(2,20)21)11-13-5-7-14(8-6-13)16(18)19/h3-10H,11H2,1-2H3,(H,18,19). The minimum absolute atomic E-state index is 0.155. The van der Waals surface area contributed by atoms with Gasteiger partial charge in [-0.15, -0.1) is 0 Å². The summed E-state index contributed by atoms with van der Waals surface area (Å²) in [4.78, 5) is 10.8. The maximum absolute atomic E-state index is 12.0. The fourth-order valence-corrected chi connectivity index (χ4v) is 2.92. The molecule has 2 aromatic carbocycles. The number of anilines is 1. The summed E-state index contributed by atoms with van der Waals surface area (Å²) in [6.45, 7) is 2.08. The van der Waals surface area contributed by atoms with Gasteiger partial charge in [-0.05, 0) is 36.8 Å². The molecule has 0 spiro atoms. The van der Waals surface area contributed by atoms with Crippen LogP contribution in [0.4, 0.5) is 5.69 Å². The average molecular weight is 319 g/mol. The third-order valence-corrected chi connectivity index (χ3v) is 4.39. The molecular weight excluding hydrogens is 302 g/mol. The molecule has 0 aromatic heterocycles. The highest BCUT2D eigenvalue weighted by Gasteiger charge is 2.17. The first-order valence-corrected chi connectivity index (χ1v) is 8.49. The summed E-state index contributed by atoms with van der Waals surface area (Å²) in [7, 11) is -3.44. The van der Waals surface area contributed by atoms with Crippen molar-refractivity contribution in [3.63, 3.8) is 0 Å². The van der Waals surface area contributed by atoms with Gasteiger partial charge in [-0.3, -0.25) is 4.31 Å². The zero-order valence-electron chi connectivity index (χ0n) is 12.4. The number of hydrogen-bond donors (Lipinski definition) is 1. The maximum atomic E-state index is 12.0. The lowest BCUT2D eigenvalue weighted by atomic mass is 10.1. The minimum atomic E-state index is -3.44. The van der Waals surface area contributed by atoms with Gasteiger partial charge in [0, 0.05) is 0 Å². The largest absolute Gasteiger partial charge is 0.478 e. The lowest BCUT2D eigenvalue weighted by Crippen LogP contribution is -2.29. The first-order valence-electron chi connectivity index (χ1n) is 6.64. The Morgan fingerprint density at radius 3 is 2.05 bits per heavy atom. The van der Waals surface area contributed by atoms with Gasteiger partial charge in [0.05, 0.1) is 24.1 Å². The van der Waals surface area contributed by atoms with Crippen LogP contribution in [0.15, 0.2) is 48.5 Å². The molecule has 1 N–H and O–H groups in total. The monoisotopic (exact) mass is 319 g/mol. The molecule has 2 aromatic rings. The van der Waals surface area contributed by atoms with Crippen LogP contribution in [0.3, 0.4) is 0 Å². The summed E-state index contributed by atoms with van der Waals surface area (Å²) in [5.74, 6) is -1.01. The van der Waals surface area contributed by atoms with E-state index in [4.69, 9.17) is 5.11 Å². The maximum Gasteiger partial charge on any atom is 0.335 e. The van der Waals surface area contributed by atoms with Crippen LogP contribution in [0.2, 0.25) is 0 Å². The predicted octanol–water partition coefficient (Wildman–Crippen LogP) is 2.66. The molecule has 0 aliphatic rings. The number of carboxylic acids is 1. The highest BCUT2D eigenvalue weighted by molar-refractivity contribution is 7.92. The van der Waals surface area contributed by atoms with Gasteiger partial charge in [0.15, 0.2) is 0 Å². The molecule has 22 heavy (non-hydrogen) atoms. The number of nitrogens with zero attached hydrogens (tertiary/aromatic N) is 1. The third kappa shape index (κ3) is 3.85. The van der Waals surface area contributed by atoms with Crippen LogP contribution >= 0.6 is 0 Å². The minimum Gasteiger partial charge on any atom is -0.478 e. The van der Waals surface area contributed by atoms with E-state index in [2.05, 4.69) is 0 Å². The van der Waals surface area contributed by atoms with Gasteiger partial charge in [0.2, 0.25) is 10.0 Å². The number of aromatic carboxylic acids is 1. The zero-order chi connectivity index (χ0) is 16.3. The van der Waals surface area contributed by atoms with Gasteiger partial charge in [0.25, 0.3) is 0 Å². The highest BCUT2D eigenvalue weighted by atomic mass is 32.2. The average Bonchev–Trinajstić information content (AvgIpc) is 2.45. The molecule has 0 atom stereocenters. The van der Waals surface area contributed by atoms with Gasteiger partial charge in [-0.25, -0.2) is 13.2 Å². The second kappa shape index (κ2) is 6.19. The molecule has 116 valence electrons. The van der Waals surface area contributed by atoms with Gasteiger partial charge < -0.3 is 5.11 Å². The van der Waals surface area contributed by atoms with E-state index < -0.39 is 16.0 Å². The lowest BCUT2D eigenvalue weighted by molar-refractivity contribution is 0.0697. The van der Waals surface area contributed by atoms with Gasteiger partial charge in [-0.2, -0.15) is 0 Å². The summed E-state index contributed by atoms with van der Waals surface area (Å²) in [5, 5.41) is 8.88. The molecule has 2 rings (SSSR count). The van der Waals surface area contributed by atoms with Crippen molar-refractivity contribution in [3.05, 3.63) is 65.2 Å². The number of aryl methyl sites for hydroxylation is 1. The number of rotatable bonds is 5. The fourth-order valence-electron chi connectivity index (χ4n) is 2.03. The second-order valence-electron chi connectivity index (χ2n) is 5.11. The highest BCUT2D eigenvalue weighted by Crippen LogP contribution is 2.21. The van der Waals surface area contributed by atoms with Gasteiger partial charge in [-0.1, -0.05) is 29.8 Å². The van der Waals surface area contributed by atoms with Crippen molar-refractivity contribution in [2.75, 3.05) is 10.6 Å². The number of carboxylic acid groups (broad SMARTS) is 1. The van der Waals surface area contributed by atoms with Crippen LogP contribution in [-0.4, -0.2) is 25.7 Å². The number of carbonyl (C=O) groups is 1. The van der Waals surface area contributed by atoms with E-state index in [1.165, 1.54) is 16.4 Å². The van der Waals surface area contributed by atoms with Crippen LogP contribution < -0.4 is 4.31 Å². The van der Waals surface area contributed by atoms with E-state index >= 15 is 0 Å². The normalized spacial score (nSPS) is 11.2. The topological polar surface area (TPSA) is 74.7 Å². The van der Waals surface area contributed by atoms with Crippen molar-refractivity contribution in [3.8, 4) is 0 Å². The van der Waals surface area contributed by atoms with Crippen molar-refractivity contribution in [2.24, 2.45) is 0 Å². The summed E-state index contributed by atoms with van der Waals surface area (Å²) < 4.78 is 25.4. The van der Waals surface area contributed by atoms with Crippen molar-refractivity contribution >= 4 is 21.7 Å². The lowest BCUT2D eigenvalue weighted by Gasteiger charge is -2.22. The van der Waals surface area contributed by atoms with Crippen molar-refractivity contribution in [1.29, 1.82) is 0 Å². The van der Waals surface area contributed by atoms with E-state index in [-0.39, 0.29) is 12.1 Å². The van der Waals surface area contributed by atoms with Crippen molar-refractivity contribution in [1.82, 2.24) is 0 Å². The molecule has 0 aliphatic heterocycles. The number of benzene rings is 2.